The maximum Gasteiger partial charge on any atom is 0.308 e. The molecule has 1 saturated heterocycles. The summed E-state index contributed by atoms with van der Waals surface area (Å²) >= 11 is 0. The number of amides is 4. The molecule has 2 N–H and O–H groups in total. The molecule has 1 aliphatic heterocycles. The summed E-state index contributed by atoms with van der Waals surface area (Å²) in [5, 5.41) is 20.5. The van der Waals surface area contributed by atoms with Crippen molar-refractivity contribution in [2.24, 2.45) is 23.7 Å². The molecule has 1 saturated carbocycles. The number of aliphatic hydroxyl groups is 1. The highest BCUT2D eigenvalue weighted by Gasteiger charge is 2.59. The number of hydrogen-bond acceptors (Lipinski definition) is 14. The number of imide groups is 1. The zero-order chi connectivity index (χ0) is 48.2. The van der Waals surface area contributed by atoms with Crippen molar-refractivity contribution < 1.29 is 57.5 Å². The van der Waals surface area contributed by atoms with Crippen molar-refractivity contribution in [2.45, 2.75) is 116 Å². The number of para-hydroxylation sites is 1. The van der Waals surface area contributed by atoms with Gasteiger partial charge in [-0.1, -0.05) is 48.9 Å². The van der Waals surface area contributed by atoms with Gasteiger partial charge in [0.1, 0.15) is 30.8 Å². The van der Waals surface area contributed by atoms with Crippen molar-refractivity contribution >= 4 is 29.6 Å². The number of aliphatic hydroxyl groups excluding tert-OH is 1. The molecule has 1 aromatic heterocycles. The predicted octanol–water partition coefficient (Wildman–Crippen LogP) is 4.23. The van der Waals surface area contributed by atoms with E-state index in [2.05, 4.69) is 27.8 Å². The SMILES string of the molecule is CCCOCC(COC(=O)CC(C)(C)OCCC(C)(C)n1cc(CN(CCC(=O)NCCO)C(=O)CCCCCN2C(=O)C3C4C=CC(C4)C3C2=O)nn1)OCCOCCOc1ccccc1. The lowest BCUT2D eigenvalue weighted by atomic mass is 9.85. The first-order valence-corrected chi connectivity index (χ1v) is 24.1. The second kappa shape index (κ2) is 26.7. The third-order valence-electron chi connectivity index (χ3n) is 12.4. The number of unbranched alkanes of at least 4 members (excludes halogenated alkanes) is 2. The zero-order valence-corrected chi connectivity index (χ0v) is 40.2. The van der Waals surface area contributed by atoms with Gasteiger partial charge in [-0.3, -0.25) is 28.9 Å². The summed E-state index contributed by atoms with van der Waals surface area (Å²) in [5.41, 5.74) is -0.824. The topological polar surface area (TPSA) is 210 Å². The number of esters is 1. The molecular weight excluding hydrogens is 865 g/mol. The van der Waals surface area contributed by atoms with Crippen molar-refractivity contribution in [3.63, 3.8) is 0 Å². The molecule has 4 amide bonds. The Hall–Kier alpha value is -4.75. The van der Waals surface area contributed by atoms with Crippen LogP contribution in [0.1, 0.15) is 98.1 Å². The molecule has 0 radical (unpaired) electrons. The summed E-state index contributed by atoms with van der Waals surface area (Å²) in [5.74, 6) is -0.259. The maximum absolute atomic E-state index is 13.6. The number of likely N-dealkylation sites (tertiary alicyclic amines) is 1. The van der Waals surface area contributed by atoms with Gasteiger partial charge in [-0.05, 0) is 83.8 Å². The minimum atomic E-state index is -0.824. The molecule has 1 aromatic carbocycles. The second-order valence-corrected chi connectivity index (χ2v) is 18.8. The zero-order valence-electron chi connectivity index (χ0n) is 40.2. The van der Waals surface area contributed by atoms with E-state index in [9.17, 15) is 24.0 Å². The third-order valence-corrected chi connectivity index (χ3v) is 12.4. The molecule has 18 heteroatoms. The van der Waals surface area contributed by atoms with Gasteiger partial charge < -0.3 is 43.7 Å². The number of allylic oxidation sites excluding steroid dienone is 2. The van der Waals surface area contributed by atoms with Crippen LogP contribution in [-0.4, -0.2) is 150 Å². The molecule has 2 heterocycles. The third kappa shape index (κ3) is 16.8. The summed E-state index contributed by atoms with van der Waals surface area (Å²) in [4.78, 5) is 68.1. The van der Waals surface area contributed by atoms with Gasteiger partial charge in [0.2, 0.25) is 23.6 Å². The molecule has 5 rings (SSSR count). The number of nitrogens with one attached hydrogen (secondary N) is 1. The van der Waals surface area contributed by atoms with Gasteiger partial charge in [0.15, 0.2) is 0 Å². The van der Waals surface area contributed by atoms with E-state index in [-0.39, 0.29) is 106 Å². The lowest BCUT2D eigenvalue weighted by Gasteiger charge is -2.29. The average molecular weight is 939 g/mol. The monoisotopic (exact) mass is 939 g/mol. The van der Waals surface area contributed by atoms with Crippen LogP contribution < -0.4 is 10.1 Å². The Morgan fingerprint density at radius 2 is 1.63 bits per heavy atom. The van der Waals surface area contributed by atoms with E-state index in [0.29, 0.717) is 77.6 Å². The fraction of sp³-hybridized carbons (Fsp3) is 0.694. The Morgan fingerprint density at radius 3 is 2.34 bits per heavy atom. The Kier molecular flexibility index (Phi) is 21.2. The summed E-state index contributed by atoms with van der Waals surface area (Å²) < 4.78 is 36.4. The summed E-state index contributed by atoms with van der Waals surface area (Å²) in [6.07, 6.45) is 9.90. The van der Waals surface area contributed by atoms with Crippen LogP contribution in [0, 0.1) is 23.7 Å². The van der Waals surface area contributed by atoms with Crippen molar-refractivity contribution in [3.05, 3.63) is 54.4 Å². The molecule has 2 fully saturated rings. The number of nitrogens with zero attached hydrogens (tertiary/aromatic N) is 5. The van der Waals surface area contributed by atoms with E-state index in [1.807, 2.05) is 65.0 Å². The highest BCUT2D eigenvalue weighted by Crippen LogP contribution is 2.52. The van der Waals surface area contributed by atoms with Gasteiger partial charge in [-0.25, -0.2) is 4.68 Å². The first-order valence-electron chi connectivity index (χ1n) is 24.1. The fourth-order valence-corrected chi connectivity index (χ4v) is 8.68. The van der Waals surface area contributed by atoms with E-state index >= 15 is 0 Å². The van der Waals surface area contributed by atoms with Crippen molar-refractivity contribution in [2.75, 3.05) is 79.1 Å². The van der Waals surface area contributed by atoms with Crippen LogP contribution >= 0.6 is 0 Å². The molecule has 2 bridgehead atoms. The molecule has 2 aromatic rings. The van der Waals surface area contributed by atoms with Crippen LogP contribution in [0.15, 0.2) is 48.7 Å². The molecule has 5 unspecified atom stereocenters. The van der Waals surface area contributed by atoms with Gasteiger partial charge >= 0.3 is 5.97 Å². The van der Waals surface area contributed by atoms with Crippen LogP contribution in [0.5, 0.6) is 5.75 Å². The van der Waals surface area contributed by atoms with Gasteiger partial charge in [0.05, 0.1) is 75.2 Å². The Balaban J connectivity index is 1.02. The quantitative estimate of drug-likeness (QED) is 0.0436. The smallest absolute Gasteiger partial charge is 0.308 e. The largest absolute Gasteiger partial charge is 0.491 e. The number of carbonyl (C=O) groups excluding carboxylic acids is 5. The van der Waals surface area contributed by atoms with Crippen molar-refractivity contribution in [1.29, 1.82) is 0 Å². The van der Waals surface area contributed by atoms with Crippen LogP contribution in [0.4, 0.5) is 0 Å². The van der Waals surface area contributed by atoms with Gasteiger partial charge in [-0.2, -0.15) is 0 Å². The normalized spacial score (nSPS) is 19.2. The minimum Gasteiger partial charge on any atom is -0.491 e. The number of hydrogen-bond donors (Lipinski definition) is 2. The Bertz CT molecular complexity index is 1880. The van der Waals surface area contributed by atoms with Crippen LogP contribution in [0.25, 0.3) is 0 Å². The van der Waals surface area contributed by atoms with E-state index < -0.39 is 23.2 Å². The van der Waals surface area contributed by atoms with E-state index in [1.54, 1.807) is 15.8 Å². The molecule has 67 heavy (non-hydrogen) atoms. The van der Waals surface area contributed by atoms with Gasteiger partial charge in [-0.15, -0.1) is 5.10 Å². The molecule has 372 valence electrons. The standard InChI is InChI=1S/C49H74N6O12/c1-6-24-63-34-40(65-29-27-62-26-28-64-39-13-9-7-10-14-39)35-66-43(59)31-49(4,5)67-25-19-48(2,3)55-33-38(51-52-55)32-53(22-18-41(57)50-20-23-56)42(58)15-11-8-12-21-54-46(60)44-36-16-17-37(30-36)45(44)47(54)61/h7,9-10,13-14,16-17,33,36-37,40,44-45,56H,6,8,11-12,15,18-32,34-35H2,1-5H3,(H,50,57). The molecule has 3 aliphatic rings. The number of aromatic nitrogens is 3. The molecule has 2 aliphatic carbocycles. The van der Waals surface area contributed by atoms with Crippen molar-refractivity contribution in [1.82, 2.24) is 30.1 Å². The lowest BCUT2D eigenvalue weighted by molar-refractivity contribution is -0.157. The van der Waals surface area contributed by atoms with E-state index in [0.717, 1.165) is 18.6 Å². The predicted molar refractivity (Wildman–Crippen MR) is 246 cm³/mol. The van der Waals surface area contributed by atoms with Crippen molar-refractivity contribution in [3.8, 4) is 5.75 Å². The van der Waals surface area contributed by atoms with Crippen LogP contribution in [0.3, 0.4) is 0 Å². The van der Waals surface area contributed by atoms with Crippen LogP contribution in [0.2, 0.25) is 0 Å². The van der Waals surface area contributed by atoms with E-state index in [1.165, 1.54) is 4.90 Å². The van der Waals surface area contributed by atoms with Crippen LogP contribution in [-0.2, 0) is 59.7 Å². The molecule has 18 nitrogen and oxygen atoms in total. The van der Waals surface area contributed by atoms with Gasteiger partial charge in [0, 0.05) is 45.7 Å². The average Bonchev–Trinajstić information content (AvgIpc) is 4.11. The summed E-state index contributed by atoms with van der Waals surface area (Å²) in [6.45, 7) is 12.9. The highest BCUT2D eigenvalue weighted by molar-refractivity contribution is 6.06. The summed E-state index contributed by atoms with van der Waals surface area (Å²) in [7, 11) is 0. The number of carbonyl (C=O) groups is 5. The first kappa shape index (κ1) is 53.2. The molecular formula is C49H74N6O12. The Morgan fingerprint density at radius 1 is 0.896 bits per heavy atom. The summed E-state index contributed by atoms with van der Waals surface area (Å²) in [6, 6.07) is 9.52. The van der Waals surface area contributed by atoms with E-state index in [4.69, 9.17) is 33.5 Å². The van der Waals surface area contributed by atoms with Gasteiger partial charge in [0.25, 0.3) is 0 Å². The number of benzene rings is 1. The second-order valence-electron chi connectivity index (χ2n) is 18.8. The maximum atomic E-state index is 13.6. The highest BCUT2D eigenvalue weighted by atomic mass is 16.6. The molecule has 0 spiro atoms. The number of rotatable bonds is 34. The fourth-order valence-electron chi connectivity index (χ4n) is 8.68. The number of ether oxygens (including phenoxy) is 6. The first-order chi connectivity index (χ1) is 32.2. The lowest BCUT2D eigenvalue weighted by Crippen LogP contribution is -2.36. The molecule has 5 atom stereocenters. The minimum absolute atomic E-state index is 0.0210. The Labute approximate surface area is 395 Å². The number of fused-ring (bicyclic) bond motifs is 5.